The molecule has 0 spiro atoms. The number of thioether (sulfide) groups is 1. The lowest BCUT2D eigenvalue weighted by Crippen LogP contribution is -2.70. The van der Waals surface area contributed by atoms with Crippen molar-refractivity contribution < 1.29 is 28.8 Å². The van der Waals surface area contributed by atoms with E-state index in [2.05, 4.69) is 5.32 Å². The van der Waals surface area contributed by atoms with Crippen LogP contribution in [0, 0.1) is 10.1 Å². The Morgan fingerprint density at radius 2 is 1.88 bits per heavy atom. The molecule has 34 heavy (non-hydrogen) atoms. The molecule has 4 rings (SSSR count). The second-order valence-corrected chi connectivity index (χ2v) is 8.77. The number of nitro groups is 1. The molecule has 0 aliphatic carbocycles. The van der Waals surface area contributed by atoms with Crippen LogP contribution in [0.4, 0.5) is 5.69 Å². The van der Waals surface area contributed by atoms with Gasteiger partial charge in [0.2, 0.25) is 0 Å². The predicted molar refractivity (Wildman–Crippen MR) is 123 cm³/mol. The molecule has 2 aromatic rings. The Balaban J connectivity index is 1.32. The van der Waals surface area contributed by atoms with E-state index in [1.54, 1.807) is 24.3 Å². The fourth-order valence-electron chi connectivity index (χ4n) is 3.56. The van der Waals surface area contributed by atoms with Gasteiger partial charge in [-0.2, -0.15) is 0 Å². The van der Waals surface area contributed by atoms with Crippen LogP contribution in [0.15, 0.2) is 65.9 Å². The average Bonchev–Trinajstić information content (AvgIpc) is 2.85. The van der Waals surface area contributed by atoms with Crippen molar-refractivity contribution in [3.63, 3.8) is 0 Å². The minimum atomic E-state index is -0.689. The predicted octanol–water partition coefficient (Wildman–Crippen LogP) is 2.50. The molecule has 2 aromatic carbocycles. The van der Waals surface area contributed by atoms with Crippen molar-refractivity contribution in [3.8, 4) is 5.75 Å². The molecule has 1 saturated heterocycles. The Morgan fingerprint density at radius 1 is 1.18 bits per heavy atom. The third kappa shape index (κ3) is 4.88. The Labute approximate surface area is 199 Å². The lowest BCUT2D eigenvalue weighted by molar-refractivity contribution is -0.384. The fourth-order valence-corrected chi connectivity index (χ4v) is 4.91. The highest BCUT2D eigenvalue weighted by Gasteiger charge is 2.52. The van der Waals surface area contributed by atoms with Crippen LogP contribution in [0.1, 0.15) is 17.3 Å². The summed E-state index contributed by atoms with van der Waals surface area (Å²) in [4.78, 5) is 49.2. The number of non-ortho nitro benzene ring substituents is 1. The van der Waals surface area contributed by atoms with Gasteiger partial charge in [-0.05, 0) is 36.8 Å². The number of nitrogens with one attached hydrogen (secondary N) is 1. The highest BCUT2D eigenvalue weighted by molar-refractivity contribution is 8.00. The number of esters is 1. The van der Waals surface area contributed by atoms with E-state index < -0.39 is 22.8 Å². The second kappa shape index (κ2) is 9.96. The lowest BCUT2D eigenvalue weighted by Gasteiger charge is -2.50. The summed E-state index contributed by atoms with van der Waals surface area (Å²) >= 11 is 1.52. The van der Waals surface area contributed by atoms with Crippen molar-refractivity contribution in [2.24, 2.45) is 0 Å². The molecule has 0 unspecified atom stereocenters. The first kappa shape index (κ1) is 23.3. The zero-order valence-corrected chi connectivity index (χ0v) is 18.9. The summed E-state index contributed by atoms with van der Waals surface area (Å²) in [7, 11) is 0. The maximum Gasteiger partial charge on any atom is 0.338 e. The van der Waals surface area contributed by atoms with Gasteiger partial charge >= 0.3 is 5.97 Å². The number of amides is 2. The molecule has 2 aliphatic rings. The highest BCUT2D eigenvalue weighted by Crippen LogP contribution is 2.40. The Bertz CT molecular complexity index is 1150. The topological polar surface area (TPSA) is 128 Å². The van der Waals surface area contributed by atoms with Crippen molar-refractivity contribution in [3.05, 3.63) is 81.5 Å². The van der Waals surface area contributed by atoms with Gasteiger partial charge in [-0.3, -0.25) is 24.6 Å². The molecule has 0 bridgehead atoms. The average molecular weight is 484 g/mol. The summed E-state index contributed by atoms with van der Waals surface area (Å²) in [6.45, 7) is 1.52. The van der Waals surface area contributed by atoms with Crippen molar-refractivity contribution in [1.29, 1.82) is 0 Å². The summed E-state index contributed by atoms with van der Waals surface area (Å²) in [5.41, 5.74) is 1.51. The summed E-state index contributed by atoms with van der Waals surface area (Å²) in [6.07, 6.45) is 0. The van der Waals surface area contributed by atoms with Gasteiger partial charge in [-0.15, -0.1) is 11.8 Å². The quantitative estimate of drug-likeness (QED) is 0.263. The normalized spacial score (nSPS) is 19.1. The number of nitro benzene ring substituents is 1. The van der Waals surface area contributed by atoms with E-state index in [-0.39, 0.29) is 35.7 Å². The molecule has 0 radical (unpaired) electrons. The molecule has 10 nitrogen and oxygen atoms in total. The summed E-state index contributed by atoms with van der Waals surface area (Å²) in [5.74, 6) is -0.167. The number of carbonyl (C=O) groups excluding carboxylic acids is 3. The van der Waals surface area contributed by atoms with Gasteiger partial charge in [0.15, 0.2) is 6.61 Å². The first-order valence-corrected chi connectivity index (χ1v) is 11.4. The molecule has 2 heterocycles. The van der Waals surface area contributed by atoms with Crippen molar-refractivity contribution in [2.75, 3.05) is 19.0 Å². The van der Waals surface area contributed by atoms with Crippen LogP contribution in [-0.4, -0.2) is 58.0 Å². The van der Waals surface area contributed by atoms with Gasteiger partial charge in [0, 0.05) is 17.9 Å². The first-order valence-electron chi connectivity index (χ1n) is 10.4. The molecule has 176 valence electrons. The van der Waals surface area contributed by atoms with Crippen LogP contribution in [0.5, 0.6) is 5.75 Å². The molecule has 1 fully saturated rings. The van der Waals surface area contributed by atoms with Crippen LogP contribution in [0.25, 0.3) is 0 Å². The molecule has 2 atom stereocenters. The summed E-state index contributed by atoms with van der Waals surface area (Å²) < 4.78 is 10.8. The Morgan fingerprint density at radius 3 is 2.56 bits per heavy atom. The number of nitrogens with zero attached hydrogens (tertiary/aromatic N) is 2. The molecule has 2 aliphatic heterocycles. The number of benzene rings is 2. The molecule has 0 aromatic heterocycles. The van der Waals surface area contributed by atoms with E-state index in [1.807, 2.05) is 13.0 Å². The smallest absolute Gasteiger partial charge is 0.338 e. The molecular formula is C23H21N3O7S. The molecule has 2 amide bonds. The number of hydrogen-bond donors (Lipinski definition) is 1. The standard InChI is InChI=1S/C23H21N3O7S/c1-14-13-34-22-20(24-19(27)12-32-17-5-3-2-4-6-17)21(28)25(22)18(14)11-33-23(29)15-7-9-16(10-8-15)26(30)31/h2-10,20,22H,11-13H2,1H3,(H,24,27)/t20-,22-/m1/s1. The third-order valence-electron chi connectivity index (χ3n) is 5.38. The largest absolute Gasteiger partial charge is 0.484 e. The zero-order chi connectivity index (χ0) is 24.2. The molecular weight excluding hydrogens is 462 g/mol. The van der Waals surface area contributed by atoms with Gasteiger partial charge in [-0.1, -0.05) is 18.2 Å². The zero-order valence-electron chi connectivity index (χ0n) is 18.1. The molecule has 0 saturated carbocycles. The summed E-state index contributed by atoms with van der Waals surface area (Å²) in [5, 5.41) is 13.2. The maximum absolute atomic E-state index is 12.8. The van der Waals surface area contributed by atoms with Crippen LogP contribution in [0.3, 0.4) is 0 Å². The maximum atomic E-state index is 12.8. The van der Waals surface area contributed by atoms with E-state index in [0.717, 1.165) is 5.57 Å². The van der Waals surface area contributed by atoms with Crippen LogP contribution >= 0.6 is 11.8 Å². The van der Waals surface area contributed by atoms with E-state index in [1.165, 1.54) is 40.9 Å². The van der Waals surface area contributed by atoms with E-state index >= 15 is 0 Å². The van der Waals surface area contributed by atoms with Gasteiger partial charge in [-0.25, -0.2) is 4.79 Å². The fraction of sp³-hybridized carbons (Fsp3) is 0.261. The Kier molecular flexibility index (Phi) is 6.82. The number of rotatable bonds is 8. The first-order chi connectivity index (χ1) is 16.3. The van der Waals surface area contributed by atoms with Gasteiger partial charge in [0.25, 0.3) is 17.5 Å². The number of ether oxygens (including phenoxy) is 2. The minimum Gasteiger partial charge on any atom is -0.484 e. The number of fused-ring (bicyclic) bond motifs is 1. The third-order valence-corrected chi connectivity index (χ3v) is 6.80. The number of hydrogen-bond acceptors (Lipinski definition) is 8. The number of carbonyl (C=O) groups is 3. The molecule has 1 N–H and O–H groups in total. The van der Waals surface area contributed by atoms with E-state index in [9.17, 15) is 24.5 Å². The molecule has 11 heteroatoms. The number of para-hydroxylation sites is 1. The van der Waals surface area contributed by atoms with Crippen LogP contribution in [0.2, 0.25) is 0 Å². The van der Waals surface area contributed by atoms with Gasteiger partial charge in [0.1, 0.15) is 23.8 Å². The van der Waals surface area contributed by atoms with Crippen molar-refractivity contribution in [1.82, 2.24) is 10.2 Å². The second-order valence-electron chi connectivity index (χ2n) is 7.66. The van der Waals surface area contributed by atoms with Crippen LogP contribution < -0.4 is 10.1 Å². The summed E-state index contributed by atoms with van der Waals surface area (Å²) in [6, 6.07) is 13.3. The highest BCUT2D eigenvalue weighted by atomic mass is 32.2. The van der Waals surface area contributed by atoms with Crippen molar-refractivity contribution >= 4 is 35.2 Å². The van der Waals surface area contributed by atoms with Gasteiger partial charge in [0.05, 0.1) is 16.2 Å². The monoisotopic (exact) mass is 483 g/mol. The lowest BCUT2D eigenvalue weighted by atomic mass is 10.0. The van der Waals surface area contributed by atoms with Crippen LogP contribution in [-0.2, 0) is 14.3 Å². The Hall–Kier alpha value is -3.86. The minimum absolute atomic E-state index is 0.123. The van der Waals surface area contributed by atoms with Crippen molar-refractivity contribution in [2.45, 2.75) is 18.3 Å². The van der Waals surface area contributed by atoms with E-state index in [0.29, 0.717) is 17.2 Å². The van der Waals surface area contributed by atoms with E-state index in [4.69, 9.17) is 9.47 Å². The van der Waals surface area contributed by atoms with Gasteiger partial charge < -0.3 is 14.8 Å². The SMILES string of the molecule is CC1=C(COC(=O)c2ccc([N+](=O)[O-])cc2)N2C(=O)[C@@H](NC(=O)COc3ccccc3)[C@H]2SC1. The number of β-lactam (4-membered cyclic amide) rings is 1.